The predicted octanol–water partition coefficient (Wildman–Crippen LogP) is 7.60. The zero-order valence-electron chi connectivity index (χ0n) is 20.1. The molecule has 0 saturated heterocycles. The lowest BCUT2D eigenvalue weighted by Gasteiger charge is -2.33. The fourth-order valence-electron chi connectivity index (χ4n) is 4.80. The number of hydrogen-bond donors (Lipinski definition) is 1. The number of nitrogens with zero attached hydrogens (tertiary/aromatic N) is 2. The Hall–Kier alpha value is -3.85. The second kappa shape index (κ2) is 9.18. The summed E-state index contributed by atoms with van der Waals surface area (Å²) in [5.74, 6) is 0. The first-order chi connectivity index (χ1) is 16.5. The van der Waals surface area contributed by atoms with Gasteiger partial charge in [0.1, 0.15) is 0 Å². The van der Waals surface area contributed by atoms with E-state index >= 15 is 0 Å². The topological polar surface area (TPSA) is 27.6 Å². The first-order valence-electron chi connectivity index (χ1n) is 11.9. The number of hydrogen-bond acceptors (Lipinski definition) is 3. The van der Waals surface area contributed by atoms with Gasteiger partial charge in [0, 0.05) is 17.6 Å². The molecule has 4 aromatic rings. The van der Waals surface area contributed by atoms with Crippen molar-refractivity contribution in [2.24, 2.45) is 10.5 Å². The Labute approximate surface area is 202 Å². The molecule has 0 unspecified atom stereocenters. The molecule has 1 atom stereocenters. The van der Waals surface area contributed by atoms with Gasteiger partial charge in [-0.2, -0.15) is 5.10 Å². The summed E-state index contributed by atoms with van der Waals surface area (Å²) in [6.45, 7) is 7.50. The molecule has 1 aliphatic rings. The average molecular weight is 446 g/mol. The van der Waals surface area contributed by atoms with Crippen LogP contribution in [-0.4, -0.2) is 5.71 Å². The van der Waals surface area contributed by atoms with Crippen molar-refractivity contribution in [2.45, 2.75) is 33.4 Å². The number of benzene rings is 4. The van der Waals surface area contributed by atoms with Crippen LogP contribution in [-0.2, 0) is 6.54 Å². The molecule has 0 fully saturated rings. The second-order valence-electron chi connectivity index (χ2n) is 9.58. The van der Waals surface area contributed by atoms with Crippen LogP contribution < -0.4 is 10.3 Å². The molecule has 0 aromatic heterocycles. The van der Waals surface area contributed by atoms with E-state index in [0.29, 0.717) is 0 Å². The van der Waals surface area contributed by atoms with Gasteiger partial charge in [0.15, 0.2) is 0 Å². The van der Waals surface area contributed by atoms with Crippen LogP contribution in [0.5, 0.6) is 0 Å². The molecule has 4 aromatic carbocycles. The van der Waals surface area contributed by atoms with Gasteiger partial charge in [0.05, 0.1) is 17.4 Å². The zero-order chi connectivity index (χ0) is 23.5. The highest BCUT2D eigenvalue weighted by molar-refractivity contribution is 6.07. The van der Waals surface area contributed by atoms with Crippen LogP contribution in [0.15, 0.2) is 114 Å². The van der Waals surface area contributed by atoms with E-state index in [0.717, 1.165) is 23.6 Å². The Morgan fingerprint density at radius 2 is 1.38 bits per heavy atom. The number of aryl methyl sites for hydroxylation is 1. The number of rotatable bonds is 6. The van der Waals surface area contributed by atoms with Crippen molar-refractivity contribution in [1.82, 2.24) is 0 Å². The summed E-state index contributed by atoms with van der Waals surface area (Å²) in [4.78, 5) is 0. The van der Waals surface area contributed by atoms with Crippen molar-refractivity contribution in [3.63, 3.8) is 0 Å². The van der Waals surface area contributed by atoms with Gasteiger partial charge < -0.3 is 5.32 Å². The number of hydrazone groups is 1. The summed E-state index contributed by atoms with van der Waals surface area (Å²) in [6, 6.07) is 38.7. The van der Waals surface area contributed by atoms with Gasteiger partial charge in [-0.3, -0.25) is 5.01 Å². The minimum atomic E-state index is -0.158. The Morgan fingerprint density at radius 3 is 2.03 bits per heavy atom. The number of anilines is 2. The first-order valence-corrected chi connectivity index (χ1v) is 11.9. The van der Waals surface area contributed by atoms with Crippen LogP contribution in [0.25, 0.3) is 0 Å². The highest BCUT2D eigenvalue weighted by Crippen LogP contribution is 2.48. The molecule has 0 saturated carbocycles. The third-order valence-electron chi connectivity index (χ3n) is 6.66. The van der Waals surface area contributed by atoms with Crippen molar-refractivity contribution in [1.29, 1.82) is 0 Å². The first kappa shape index (κ1) is 22.0. The largest absolute Gasteiger partial charge is 0.381 e. The Balaban J connectivity index is 1.44. The van der Waals surface area contributed by atoms with Gasteiger partial charge in [-0.15, -0.1) is 0 Å². The van der Waals surface area contributed by atoms with E-state index in [-0.39, 0.29) is 11.5 Å². The van der Waals surface area contributed by atoms with Crippen LogP contribution >= 0.6 is 0 Å². The molecular formula is C31H31N3. The Kier molecular flexibility index (Phi) is 5.93. The van der Waals surface area contributed by atoms with Crippen molar-refractivity contribution < 1.29 is 0 Å². The monoisotopic (exact) mass is 445 g/mol. The minimum absolute atomic E-state index is 0.112. The molecule has 1 aliphatic heterocycles. The van der Waals surface area contributed by atoms with Crippen LogP contribution in [0.2, 0.25) is 0 Å². The molecule has 0 bridgehead atoms. The fraction of sp³-hybridized carbons (Fsp3) is 0.194. The smallest absolute Gasteiger partial charge is 0.0882 e. The van der Waals surface area contributed by atoms with E-state index in [1.165, 1.54) is 22.3 Å². The van der Waals surface area contributed by atoms with E-state index in [1.807, 2.05) is 0 Å². The summed E-state index contributed by atoms with van der Waals surface area (Å²) in [5.41, 5.74) is 8.16. The van der Waals surface area contributed by atoms with Crippen molar-refractivity contribution >= 4 is 17.1 Å². The van der Waals surface area contributed by atoms with Crippen molar-refractivity contribution in [3.05, 3.63) is 131 Å². The molecule has 0 spiro atoms. The SMILES string of the molecule is Cc1ccc(NCc2ccc(N3N=C(c4ccccc4)C(C)(C)[C@H]3c3ccccc3)cc2)cc1. The van der Waals surface area contributed by atoms with E-state index in [1.54, 1.807) is 0 Å². The number of nitrogens with one attached hydrogen (secondary N) is 1. The third kappa shape index (κ3) is 4.34. The minimum Gasteiger partial charge on any atom is -0.381 e. The van der Waals surface area contributed by atoms with Crippen molar-refractivity contribution in [3.8, 4) is 0 Å². The molecule has 0 amide bonds. The summed E-state index contributed by atoms with van der Waals surface area (Å²) < 4.78 is 0. The average Bonchev–Trinajstić information content (AvgIpc) is 3.16. The molecule has 3 nitrogen and oxygen atoms in total. The standard InChI is InChI=1S/C31H31N3/c1-23-14-18-27(19-15-23)32-22-24-16-20-28(21-17-24)34-30(26-12-8-5-9-13-26)31(2,3)29(33-34)25-10-6-4-7-11-25/h4-21,30,32H,22H2,1-3H3/t30-/m1/s1. The van der Waals surface area contributed by atoms with Crippen LogP contribution in [0, 0.1) is 12.3 Å². The zero-order valence-corrected chi connectivity index (χ0v) is 20.1. The van der Waals surface area contributed by atoms with E-state index in [4.69, 9.17) is 5.10 Å². The Bertz CT molecular complexity index is 1260. The maximum absolute atomic E-state index is 5.20. The third-order valence-corrected chi connectivity index (χ3v) is 6.66. The maximum Gasteiger partial charge on any atom is 0.0882 e. The second-order valence-corrected chi connectivity index (χ2v) is 9.58. The maximum atomic E-state index is 5.20. The molecule has 1 heterocycles. The molecule has 170 valence electrons. The van der Waals surface area contributed by atoms with E-state index in [9.17, 15) is 0 Å². The van der Waals surface area contributed by atoms with Crippen LogP contribution in [0.3, 0.4) is 0 Å². The van der Waals surface area contributed by atoms with Gasteiger partial charge in [-0.1, -0.05) is 104 Å². The van der Waals surface area contributed by atoms with E-state index in [2.05, 4.69) is 140 Å². The molecular weight excluding hydrogens is 414 g/mol. The molecule has 34 heavy (non-hydrogen) atoms. The van der Waals surface area contributed by atoms with E-state index < -0.39 is 0 Å². The van der Waals surface area contributed by atoms with Gasteiger partial charge >= 0.3 is 0 Å². The molecule has 0 radical (unpaired) electrons. The van der Waals surface area contributed by atoms with Gasteiger partial charge in [-0.25, -0.2) is 0 Å². The highest BCUT2D eigenvalue weighted by atomic mass is 15.5. The molecule has 5 rings (SSSR count). The summed E-state index contributed by atoms with van der Waals surface area (Å²) in [5, 5.41) is 10.9. The van der Waals surface area contributed by atoms with Crippen LogP contribution in [0.1, 0.15) is 42.1 Å². The van der Waals surface area contributed by atoms with Crippen molar-refractivity contribution in [2.75, 3.05) is 10.3 Å². The van der Waals surface area contributed by atoms with Crippen LogP contribution in [0.4, 0.5) is 11.4 Å². The Morgan fingerprint density at radius 1 is 0.765 bits per heavy atom. The van der Waals surface area contributed by atoms with Gasteiger partial charge in [0.25, 0.3) is 0 Å². The summed E-state index contributed by atoms with van der Waals surface area (Å²) in [6.07, 6.45) is 0. The quantitative estimate of drug-likeness (QED) is 0.331. The summed E-state index contributed by atoms with van der Waals surface area (Å²) >= 11 is 0. The normalized spacial score (nSPS) is 16.9. The lowest BCUT2D eigenvalue weighted by Crippen LogP contribution is -2.32. The predicted molar refractivity (Wildman–Crippen MR) is 143 cm³/mol. The molecule has 3 heteroatoms. The lowest BCUT2D eigenvalue weighted by molar-refractivity contribution is 0.425. The van der Waals surface area contributed by atoms with Gasteiger partial charge in [-0.05, 0) is 47.9 Å². The van der Waals surface area contributed by atoms with Gasteiger partial charge in [0.2, 0.25) is 0 Å². The molecule has 0 aliphatic carbocycles. The highest BCUT2D eigenvalue weighted by Gasteiger charge is 2.45. The summed E-state index contributed by atoms with van der Waals surface area (Å²) in [7, 11) is 0. The fourth-order valence-corrected chi connectivity index (χ4v) is 4.80. The lowest BCUT2D eigenvalue weighted by atomic mass is 9.75. The molecule has 1 N–H and O–H groups in total.